The first-order valence-corrected chi connectivity index (χ1v) is 6.51. The molecular weight excluding hydrogens is 244 g/mol. The van der Waals surface area contributed by atoms with E-state index in [4.69, 9.17) is 18.0 Å². The molecule has 0 bridgehead atoms. The summed E-state index contributed by atoms with van der Waals surface area (Å²) in [7, 11) is 0. The highest BCUT2D eigenvalue weighted by atomic mass is 32.1. The van der Waals surface area contributed by atoms with Gasteiger partial charge in [-0.15, -0.1) is 0 Å². The molecule has 0 saturated carbocycles. The molecule has 0 fully saturated rings. The van der Waals surface area contributed by atoms with E-state index in [9.17, 15) is 4.79 Å². The summed E-state index contributed by atoms with van der Waals surface area (Å²) < 4.78 is 0. The third-order valence-electron chi connectivity index (χ3n) is 2.92. The summed E-state index contributed by atoms with van der Waals surface area (Å²) in [6.07, 6.45) is 0.569. The molecule has 0 aromatic heterocycles. The van der Waals surface area contributed by atoms with Crippen molar-refractivity contribution in [3.8, 4) is 0 Å². The highest BCUT2D eigenvalue weighted by Gasteiger charge is 2.16. The summed E-state index contributed by atoms with van der Waals surface area (Å²) in [5.41, 5.74) is 8.34. The lowest BCUT2D eigenvalue weighted by Crippen LogP contribution is -2.34. The Morgan fingerprint density at radius 1 is 1.39 bits per heavy atom. The molecule has 0 spiro atoms. The van der Waals surface area contributed by atoms with E-state index in [1.54, 1.807) is 4.90 Å². The predicted molar refractivity (Wildman–Crippen MR) is 78.9 cm³/mol. The molecule has 0 atom stereocenters. The third kappa shape index (κ3) is 3.81. The number of thiocarbonyl (C=S) groups is 1. The Morgan fingerprint density at radius 3 is 2.61 bits per heavy atom. The van der Waals surface area contributed by atoms with Crippen LogP contribution < -0.4 is 5.73 Å². The first-order chi connectivity index (χ1) is 8.45. The Labute approximate surface area is 114 Å². The van der Waals surface area contributed by atoms with Crippen LogP contribution in [-0.4, -0.2) is 28.9 Å². The lowest BCUT2D eigenvalue weighted by atomic mass is 10.0. The summed E-state index contributed by atoms with van der Waals surface area (Å²) in [5, 5.41) is 0. The topological polar surface area (TPSA) is 46.3 Å². The van der Waals surface area contributed by atoms with Crippen molar-refractivity contribution >= 4 is 23.1 Å². The average Bonchev–Trinajstić information content (AvgIpc) is 2.32. The van der Waals surface area contributed by atoms with Gasteiger partial charge in [0.05, 0.1) is 4.99 Å². The van der Waals surface area contributed by atoms with Gasteiger partial charge in [-0.05, 0) is 32.4 Å². The normalized spacial score (nSPS) is 10.2. The van der Waals surface area contributed by atoms with Crippen LogP contribution in [0, 0.1) is 13.8 Å². The molecule has 0 heterocycles. The van der Waals surface area contributed by atoms with Crippen molar-refractivity contribution < 1.29 is 4.79 Å². The Hall–Kier alpha value is -1.42. The number of nitrogens with two attached hydrogens (primary N) is 1. The number of benzene rings is 1. The number of hydrogen-bond acceptors (Lipinski definition) is 2. The number of carbonyl (C=O) groups is 1. The van der Waals surface area contributed by atoms with Gasteiger partial charge in [0.25, 0.3) is 5.91 Å². The molecule has 1 amide bonds. The van der Waals surface area contributed by atoms with Crippen LogP contribution in [0.5, 0.6) is 0 Å². The van der Waals surface area contributed by atoms with Gasteiger partial charge >= 0.3 is 0 Å². The van der Waals surface area contributed by atoms with Crippen molar-refractivity contribution in [3.05, 3.63) is 34.9 Å². The summed E-state index contributed by atoms with van der Waals surface area (Å²) in [6, 6.07) is 5.92. The van der Waals surface area contributed by atoms with Gasteiger partial charge in [0.2, 0.25) is 0 Å². The first-order valence-electron chi connectivity index (χ1n) is 6.10. The summed E-state index contributed by atoms with van der Waals surface area (Å²) in [6.45, 7) is 7.14. The van der Waals surface area contributed by atoms with Gasteiger partial charge in [-0.1, -0.05) is 29.9 Å². The monoisotopic (exact) mass is 264 g/mol. The number of hydrogen-bond donors (Lipinski definition) is 1. The number of aryl methyl sites for hydroxylation is 2. The SMILES string of the molecule is CCN(CCC(N)=S)C(=O)c1cc(C)ccc1C. The highest BCUT2D eigenvalue weighted by molar-refractivity contribution is 7.80. The quantitative estimate of drug-likeness (QED) is 0.831. The minimum Gasteiger partial charge on any atom is -0.393 e. The fourth-order valence-corrected chi connectivity index (χ4v) is 1.88. The molecule has 1 aromatic carbocycles. The number of rotatable bonds is 5. The van der Waals surface area contributed by atoms with E-state index in [0.717, 1.165) is 16.7 Å². The van der Waals surface area contributed by atoms with E-state index in [2.05, 4.69) is 0 Å². The largest absolute Gasteiger partial charge is 0.393 e. The Morgan fingerprint density at radius 2 is 2.06 bits per heavy atom. The predicted octanol–water partition coefficient (Wildman–Crippen LogP) is 2.44. The molecule has 0 aliphatic carbocycles. The summed E-state index contributed by atoms with van der Waals surface area (Å²) >= 11 is 4.85. The van der Waals surface area contributed by atoms with Gasteiger partial charge in [0.15, 0.2) is 0 Å². The van der Waals surface area contributed by atoms with E-state index in [1.807, 2.05) is 39.0 Å². The van der Waals surface area contributed by atoms with Gasteiger partial charge in [0.1, 0.15) is 0 Å². The standard InChI is InChI=1S/C14H20N2OS/c1-4-16(8-7-13(15)18)14(17)12-9-10(2)5-6-11(12)3/h5-6,9H,4,7-8H2,1-3H3,(H2,15,18). The Kier molecular flexibility index (Phi) is 5.28. The Bertz CT molecular complexity index is 457. The lowest BCUT2D eigenvalue weighted by Gasteiger charge is -2.21. The second kappa shape index (κ2) is 6.50. The van der Waals surface area contributed by atoms with E-state index in [0.29, 0.717) is 24.5 Å². The van der Waals surface area contributed by atoms with Crippen LogP contribution in [0.1, 0.15) is 34.8 Å². The van der Waals surface area contributed by atoms with E-state index in [1.165, 1.54) is 0 Å². The minimum atomic E-state index is 0.0509. The average molecular weight is 264 g/mol. The van der Waals surface area contributed by atoms with Crippen LogP contribution in [0.15, 0.2) is 18.2 Å². The van der Waals surface area contributed by atoms with E-state index >= 15 is 0 Å². The second-order valence-corrected chi connectivity index (χ2v) is 4.94. The van der Waals surface area contributed by atoms with Gasteiger partial charge < -0.3 is 10.6 Å². The maximum atomic E-state index is 12.4. The molecule has 2 N–H and O–H groups in total. The molecule has 1 rings (SSSR count). The third-order valence-corrected chi connectivity index (χ3v) is 3.12. The zero-order valence-corrected chi connectivity index (χ0v) is 12.0. The highest BCUT2D eigenvalue weighted by Crippen LogP contribution is 2.13. The van der Waals surface area contributed by atoms with Crippen LogP contribution in [-0.2, 0) is 0 Å². The smallest absolute Gasteiger partial charge is 0.254 e. The lowest BCUT2D eigenvalue weighted by molar-refractivity contribution is 0.0768. The van der Waals surface area contributed by atoms with Crippen molar-refractivity contribution in [1.29, 1.82) is 0 Å². The van der Waals surface area contributed by atoms with E-state index < -0.39 is 0 Å². The first kappa shape index (κ1) is 14.6. The molecule has 0 radical (unpaired) electrons. The van der Waals surface area contributed by atoms with Crippen LogP contribution >= 0.6 is 12.2 Å². The molecule has 18 heavy (non-hydrogen) atoms. The molecule has 1 aromatic rings. The fraction of sp³-hybridized carbons (Fsp3) is 0.429. The van der Waals surface area contributed by atoms with E-state index in [-0.39, 0.29) is 5.91 Å². The zero-order chi connectivity index (χ0) is 13.7. The summed E-state index contributed by atoms with van der Waals surface area (Å²) in [4.78, 5) is 14.6. The van der Waals surface area contributed by atoms with Crippen molar-refractivity contribution in [3.63, 3.8) is 0 Å². The Balaban J connectivity index is 2.89. The van der Waals surface area contributed by atoms with Gasteiger partial charge in [-0.3, -0.25) is 4.79 Å². The number of amides is 1. The van der Waals surface area contributed by atoms with Gasteiger partial charge in [-0.25, -0.2) is 0 Å². The van der Waals surface area contributed by atoms with Gasteiger partial charge in [0, 0.05) is 25.1 Å². The minimum absolute atomic E-state index is 0.0509. The summed E-state index contributed by atoms with van der Waals surface area (Å²) in [5.74, 6) is 0.0509. The number of carbonyl (C=O) groups excluding carboxylic acids is 1. The maximum Gasteiger partial charge on any atom is 0.254 e. The van der Waals surface area contributed by atoms with Crippen LogP contribution in [0.3, 0.4) is 0 Å². The van der Waals surface area contributed by atoms with Crippen molar-refractivity contribution in [2.45, 2.75) is 27.2 Å². The molecular formula is C14H20N2OS. The molecule has 0 saturated heterocycles. The van der Waals surface area contributed by atoms with Crippen molar-refractivity contribution in [2.24, 2.45) is 5.73 Å². The molecule has 0 unspecified atom stereocenters. The molecule has 0 aliphatic heterocycles. The fourth-order valence-electron chi connectivity index (χ4n) is 1.79. The van der Waals surface area contributed by atoms with Crippen LogP contribution in [0.4, 0.5) is 0 Å². The van der Waals surface area contributed by atoms with Crippen molar-refractivity contribution in [1.82, 2.24) is 4.90 Å². The van der Waals surface area contributed by atoms with Crippen LogP contribution in [0.25, 0.3) is 0 Å². The van der Waals surface area contributed by atoms with Crippen LogP contribution in [0.2, 0.25) is 0 Å². The molecule has 0 aliphatic rings. The zero-order valence-electron chi connectivity index (χ0n) is 11.2. The second-order valence-electron chi connectivity index (χ2n) is 4.42. The molecule has 4 heteroatoms. The van der Waals surface area contributed by atoms with Crippen molar-refractivity contribution in [2.75, 3.05) is 13.1 Å². The number of nitrogens with zero attached hydrogens (tertiary/aromatic N) is 1. The molecule has 3 nitrogen and oxygen atoms in total. The van der Waals surface area contributed by atoms with Gasteiger partial charge in [-0.2, -0.15) is 0 Å². The maximum absolute atomic E-state index is 12.4. The molecule has 98 valence electrons.